The van der Waals surface area contributed by atoms with Gasteiger partial charge in [-0.1, -0.05) is 38.8 Å². The fraction of sp³-hybridized carbons (Fsp3) is 0.500. The second-order valence-corrected chi connectivity index (χ2v) is 8.24. The standard InChI is InChI=1S/C24H26F4O2/c1-3-5-13-8-10-18(29-24(13)28)17-9-7-15-12-16-11-14(6-4-2)19(25)21(27)23(16)30-22(15)20(17)26/h7,9,11,13,18,24H,3-6,8,10,12H2,1-2H3. The van der Waals surface area contributed by atoms with Crippen LogP contribution >= 0.6 is 0 Å². The van der Waals surface area contributed by atoms with Crippen molar-refractivity contribution >= 4 is 0 Å². The lowest BCUT2D eigenvalue weighted by Crippen LogP contribution is -2.28. The minimum absolute atomic E-state index is 0.128. The number of halogens is 4. The van der Waals surface area contributed by atoms with Crippen molar-refractivity contribution in [2.75, 3.05) is 0 Å². The Bertz CT molecular complexity index is 944. The third-order valence-corrected chi connectivity index (χ3v) is 6.10. The molecule has 2 aliphatic heterocycles. The van der Waals surface area contributed by atoms with Crippen LogP contribution in [0.3, 0.4) is 0 Å². The van der Waals surface area contributed by atoms with E-state index < -0.39 is 29.9 Å². The summed E-state index contributed by atoms with van der Waals surface area (Å²) in [5.41, 5.74) is 1.54. The molecule has 0 N–H and O–H groups in total. The van der Waals surface area contributed by atoms with Crippen molar-refractivity contribution in [1.82, 2.24) is 0 Å². The van der Waals surface area contributed by atoms with Crippen LogP contribution in [0.25, 0.3) is 0 Å². The molecule has 3 unspecified atom stereocenters. The molecule has 2 aromatic carbocycles. The highest BCUT2D eigenvalue weighted by molar-refractivity contribution is 5.54. The van der Waals surface area contributed by atoms with Crippen molar-refractivity contribution < 1.29 is 27.0 Å². The third-order valence-electron chi connectivity index (χ3n) is 6.10. The van der Waals surface area contributed by atoms with Gasteiger partial charge in [-0.2, -0.15) is 4.39 Å². The Hall–Kier alpha value is -2.08. The molecule has 0 radical (unpaired) electrons. The topological polar surface area (TPSA) is 18.5 Å². The second kappa shape index (κ2) is 8.58. The van der Waals surface area contributed by atoms with Crippen LogP contribution in [0.5, 0.6) is 11.5 Å². The number of aryl methyl sites for hydroxylation is 1. The first-order valence-corrected chi connectivity index (χ1v) is 10.7. The van der Waals surface area contributed by atoms with Gasteiger partial charge < -0.3 is 9.47 Å². The molecule has 0 saturated carbocycles. The smallest absolute Gasteiger partial charge is 0.202 e. The summed E-state index contributed by atoms with van der Waals surface area (Å²) in [6, 6.07) is 4.89. The molecule has 3 atom stereocenters. The van der Waals surface area contributed by atoms with Crippen molar-refractivity contribution in [3.05, 3.63) is 57.9 Å². The molecule has 1 fully saturated rings. The molecule has 2 aliphatic rings. The monoisotopic (exact) mass is 422 g/mol. The molecule has 0 aliphatic carbocycles. The normalized spacial score (nSPS) is 22.9. The third kappa shape index (κ3) is 3.70. The van der Waals surface area contributed by atoms with Crippen LogP contribution in [0.4, 0.5) is 17.6 Å². The highest BCUT2D eigenvalue weighted by atomic mass is 19.2. The van der Waals surface area contributed by atoms with Gasteiger partial charge in [-0.25, -0.2) is 13.2 Å². The molecular formula is C24H26F4O2. The minimum atomic E-state index is -1.44. The molecule has 0 aromatic heterocycles. The maximum Gasteiger partial charge on any atom is 0.202 e. The first kappa shape index (κ1) is 21.2. The molecule has 162 valence electrons. The quantitative estimate of drug-likeness (QED) is 0.401. The Labute approximate surface area is 174 Å². The summed E-state index contributed by atoms with van der Waals surface area (Å²) in [4.78, 5) is 0. The van der Waals surface area contributed by atoms with Crippen molar-refractivity contribution in [1.29, 1.82) is 0 Å². The largest absolute Gasteiger partial charge is 0.450 e. The maximum absolute atomic E-state index is 15.3. The number of hydrogen-bond acceptors (Lipinski definition) is 2. The number of ether oxygens (including phenoxy) is 2. The van der Waals surface area contributed by atoms with E-state index in [1.54, 1.807) is 18.2 Å². The number of alkyl halides is 1. The van der Waals surface area contributed by atoms with E-state index in [-0.39, 0.29) is 29.4 Å². The lowest BCUT2D eigenvalue weighted by molar-refractivity contribution is -0.154. The summed E-state index contributed by atoms with van der Waals surface area (Å²) in [6.07, 6.45) is 1.87. The average Bonchev–Trinajstić information content (AvgIpc) is 2.73. The SMILES string of the molecule is CCCc1cc2c(c(F)c1F)Oc1c(ccc(C3CCC(CCC)C(F)O3)c1F)C2. The zero-order valence-corrected chi connectivity index (χ0v) is 17.2. The summed E-state index contributed by atoms with van der Waals surface area (Å²) in [5, 5.41) is 0. The first-order chi connectivity index (χ1) is 14.4. The number of fused-ring (bicyclic) bond motifs is 2. The van der Waals surface area contributed by atoms with Crippen LogP contribution in [-0.2, 0) is 17.6 Å². The summed E-state index contributed by atoms with van der Waals surface area (Å²) < 4.78 is 69.6. The highest BCUT2D eigenvalue weighted by Gasteiger charge is 2.35. The van der Waals surface area contributed by atoms with Crippen LogP contribution in [0.2, 0.25) is 0 Å². The maximum atomic E-state index is 15.3. The summed E-state index contributed by atoms with van der Waals surface area (Å²) >= 11 is 0. The van der Waals surface area contributed by atoms with E-state index in [9.17, 15) is 13.2 Å². The van der Waals surface area contributed by atoms with Gasteiger partial charge in [0.05, 0.1) is 6.10 Å². The van der Waals surface area contributed by atoms with Gasteiger partial charge >= 0.3 is 0 Å². The van der Waals surface area contributed by atoms with Gasteiger partial charge in [0.2, 0.25) is 12.2 Å². The van der Waals surface area contributed by atoms with Gasteiger partial charge in [0.1, 0.15) is 0 Å². The van der Waals surface area contributed by atoms with Crippen LogP contribution < -0.4 is 4.74 Å². The Kier molecular flexibility index (Phi) is 6.05. The van der Waals surface area contributed by atoms with E-state index in [1.165, 1.54) is 0 Å². The Morgan fingerprint density at radius 2 is 1.70 bits per heavy atom. The number of hydrogen-bond donors (Lipinski definition) is 0. The first-order valence-electron chi connectivity index (χ1n) is 10.7. The fourth-order valence-electron chi connectivity index (χ4n) is 4.54. The van der Waals surface area contributed by atoms with E-state index in [0.29, 0.717) is 42.4 Å². The predicted octanol–water partition coefficient (Wildman–Crippen LogP) is 7.32. The highest BCUT2D eigenvalue weighted by Crippen LogP contribution is 2.45. The van der Waals surface area contributed by atoms with Crippen LogP contribution in [-0.4, -0.2) is 6.36 Å². The molecule has 1 saturated heterocycles. The molecule has 4 rings (SSSR count). The zero-order valence-electron chi connectivity index (χ0n) is 17.2. The zero-order chi connectivity index (χ0) is 21.4. The Morgan fingerprint density at radius 3 is 2.40 bits per heavy atom. The molecule has 2 aromatic rings. The molecule has 2 heterocycles. The predicted molar refractivity (Wildman–Crippen MR) is 106 cm³/mol. The number of rotatable bonds is 5. The van der Waals surface area contributed by atoms with Crippen LogP contribution in [0, 0.1) is 23.4 Å². The fourth-order valence-corrected chi connectivity index (χ4v) is 4.54. The lowest BCUT2D eigenvalue weighted by atomic mass is 9.89. The van der Waals surface area contributed by atoms with Gasteiger partial charge in [0.15, 0.2) is 23.1 Å². The Balaban J connectivity index is 1.63. The summed E-state index contributed by atoms with van der Waals surface area (Å²) in [6.45, 7) is 3.88. The van der Waals surface area contributed by atoms with Gasteiger partial charge in [0, 0.05) is 29.0 Å². The lowest BCUT2D eigenvalue weighted by Gasteiger charge is -2.33. The van der Waals surface area contributed by atoms with Crippen LogP contribution in [0.1, 0.15) is 74.3 Å². The van der Waals surface area contributed by atoms with E-state index in [4.69, 9.17) is 9.47 Å². The number of benzene rings is 2. The Morgan fingerprint density at radius 1 is 0.933 bits per heavy atom. The van der Waals surface area contributed by atoms with Crippen LogP contribution in [0.15, 0.2) is 18.2 Å². The molecule has 0 amide bonds. The van der Waals surface area contributed by atoms with Crippen molar-refractivity contribution in [3.63, 3.8) is 0 Å². The van der Waals surface area contributed by atoms with Crippen molar-refractivity contribution in [2.45, 2.75) is 71.3 Å². The molecule has 6 heteroatoms. The second-order valence-electron chi connectivity index (χ2n) is 8.24. The molecular weight excluding hydrogens is 396 g/mol. The molecule has 30 heavy (non-hydrogen) atoms. The summed E-state index contributed by atoms with van der Waals surface area (Å²) in [7, 11) is 0. The minimum Gasteiger partial charge on any atom is -0.450 e. The van der Waals surface area contributed by atoms with Gasteiger partial charge in [-0.05, 0) is 37.3 Å². The molecule has 2 nitrogen and oxygen atoms in total. The van der Waals surface area contributed by atoms with Crippen molar-refractivity contribution in [2.24, 2.45) is 5.92 Å². The van der Waals surface area contributed by atoms with Crippen molar-refractivity contribution in [3.8, 4) is 11.5 Å². The van der Waals surface area contributed by atoms with E-state index in [2.05, 4.69) is 0 Å². The molecule has 0 bridgehead atoms. The van der Waals surface area contributed by atoms with E-state index >= 15 is 4.39 Å². The summed E-state index contributed by atoms with van der Waals surface area (Å²) in [5.74, 6) is -3.31. The average molecular weight is 422 g/mol. The van der Waals surface area contributed by atoms with E-state index in [1.807, 2.05) is 13.8 Å². The van der Waals surface area contributed by atoms with Gasteiger partial charge in [-0.15, -0.1) is 0 Å². The molecule has 0 spiro atoms. The van der Waals surface area contributed by atoms with Gasteiger partial charge in [0.25, 0.3) is 0 Å². The van der Waals surface area contributed by atoms with E-state index in [0.717, 1.165) is 12.8 Å². The van der Waals surface area contributed by atoms with Gasteiger partial charge in [-0.3, -0.25) is 0 Å².